The highest BCUT2D eigenvalue weighted by Gasteiger charge is 2.28. The standard InChI is InChI=1S/C15H22N2O/c1-4-16-15(18)13-6-5-10(2)14(9-13)17-11(3)12-7-8-12/h5-6,9,11-12,17H,4,7-8H2,1-3H3,(H,16,18). The molecule has 1 aliphatic rings. The molecule has 3 nitrogen and oxygen atoms in total. The average molecular weight is 246 g/mol. The van der Waals surface area contributed by atoms with Crippen molar-refractivity contribution in [2.75, 3.05) is 11.9 Å². The molecule has 0 radical (unpaired) electrons. The Morgan fingerprint density at radius 2 is 2.17 bits per heavy atom. The molecule has 2 N–H and O–H groups in total. The third-order valence-electron chi connectivity index (χ3n) is 3.55. The molecule has 0 bridgehead atoms. The van der Waals surface area contributed by atoms with Gasteiger partial charge in [-0.1, -0.05) is 6.07 Å². The summed E-state index contributed by atoms with van der Waals surface area (Å²) in [5, 5.41) is 6.36. The van der Waals surface area contributed by atoms with E-state index in [4.69, 9.17) is 0 Å². The Balaban J connectivity index is 2.12. The summed E-state index contributed by atoms with van der Waals surface area (Å²) in [7, 11) is 0. The summed E-state index contributed by atoms with van der Waals surface area (Å²) >= 11 is 0. The van der Waals surface area contributed by atoms with Crippen molar-refractivity contribution in [1.29, 1.82) is 0 Å². The number of hydrogen-bond donors (Lipinski definition) is 2. The lowest BCUT2D eigenvalue weighted by Crippen LogP contribution is -2.23. The predicted octanol–water partition coefficient (Wildman–Crippen LogP) is 2.96. The molecule has 18 heavy (non-hydrogen) atoms. The second-order valence-corrected chi connectivity index (χ2v) is 5.16. The van der Waals surface area contributed by atoms with Gasteiger partial charge in [0.15, 0.2) is 0 Å². The molecule has 1 aliphatic carbocycles. The molecule has 0 aliphatic heterocycles. The lowest BCUT2D eigenvalue weighted by molar-refractivity contribution is 0.0956. The van der Waals surface area contributed by atoms with Gasteiger partial charge in [-0.25, -0.2) is 0 Å². The van der Waals surface area contributed by atoms with Crippen LogP contribution in [0.1, 0.15) is 42.6 Å². The maximum Gasteiger partial charge on any atom is 0.251 e. The van der Waals surface area contributed by atoms with E-state index in [9.17, 15) is 4.79 Å². The first-order valence-corrected chi connectivity index (χ1v) is 6.77. The highest BCUT2D eigenvalue weighted by molar-refractivity contribution is 5.95. The van der Waals surface area contributed by atoms with Crippen molar-refractivity contribution in [3.05, 3.63) is 29.3 Å². The number of anilines is 1. The zero-order valence-electron chi connectivity index (χ0n) is 11.4. The molecular formula is C15H22N2O. The van der Waals surface area contributed by atoms with Crippen LogP contribution in [-0.4, -0.2) is 18.5 Å². The number of hydrogen-bond acceptors (Lipinski definition) is 2. The predicted molar refractivity (Wildman–Crippen MR) is 75.0 cm³/mol. The van der Waals surface area contributed by atoms with E-state index in [-0.39, 0.29) is 5.91 Å². The molecule has 0 heterocycles. The maximum absolute atomic E-state index is 11.8. The Bertz CT molecular complexity index is 438. The van der Waals surface area contributed by atoms with E-state index in [0.717, 1.165) is 17.2 Å². The number of carbonyl (C=O) groups is 1. The van der Waals surface area contributed by atoms with Gasteiger partial charge in [-0.2, -0.15) is 0 Å². The van der Waals surface area contributed by atoms with Crippen LogP contribution in [0, 0.1) is 12.8 Å². The highest BCUT2D eigenvalue weighted by atomic mass is 16.1. The van der Waals surface area contributed by atoms with E-state index in [1.807, 2.05) is 25.1 Å². The van der Waals surface area contributed by atoms with E-state index >= 15 is 0 Å². The van der Waals surface area contributed by atoms with E-state index in [0.29, 0.717) is 12.6 Å². The zero-order valence-corrected chi connectivity index (χ0v) is 11.4. The fraction of sp³-hybridized carbons (Fsp3) is 0.533. The second kappa shape index (κ2) is 5.42. The molecule has 1 atom stereocenters. The topological polar surface area (TPSA) is 41.1 Å². The number of rotatable bonds is 5. The molecule has 0 saturated heterocycles. The van der Waals surface area contributed by atoms with E-state index in [1.54, 1.807) is 0 Å². The van der Waals surface area contributed by atoms with E-state index < -0.39 is 0 Å². The Labute approximate surface area is 109 Å². The van der Waals surface area contributed by atoms with Crippen LogP contribution >= 0.6 is 0 Å². The van der Waals surface area contributed by atoms with Crippen LogP contribution in [0.15, 0.2) is 18.2 Å². The first-order valence-electron chi connectivity index (χ1n) is 6.77. The van der Waals surface area contributed by atoms with Gasteiger partial charge in [-0.15, -0.1) is 0 Å². The van der Waals surface area contributed by atoms with Crippen LogP contribution < -0.4 is 10.6 Å². The number of nitrogens with one attached hydrogen (secondary N) is 2. The van der Waals surface area contributed by atoms with Crippen LogP contribution in [0.2, 0.25) is 0 Å². The zero-order chi connectivity index (χ0) is 13.1. The molecule has 1 fully saturated rings. The molecule has 3 heteroatoms. The molecule has 0 spiro atoms. The second-order valence-electron chi connectivity index (χ2n) is 5.16. The molecule has 2 rings (SSSR count). The van der Waals surface area contributed by atoms with Crippen LogP contribution in [-0.2, 0) is 0 Å². The van der Waals surface area contributed by atoms with Crippen LogP contribution in [0.3, 0.4) is 0 Å². The Hall–Kier alpha value is -1.51. The minimum absolute atomic E-state index is 0.000347. The van der Waals surface area contributed by atoms with Crippen molar-refractivity contribution in [3.63, 3.8) is 0 Å². The van der Waals surface area contributed by atoms with Crippen LogP contribution in [0.4, 0.5) is 5.69 Å². The van der Waals surface area contributed by atoms with Crippen LogP contribution in [0.5, 0.6) is 0 Å². The van der Waals surface area contributed by atoms with Gasteiger partial charge in [0, 0.05) is 23.8 Å². The van der Waals surface area contributed by atoms with Gasteiger partial charge in [-0.3, -0.25) is 4.79 Å². The lowest BCUT2D eigenvalue weighted by Gasteiger charge is -2.17. The number of aryl methyl sites for hydroxylation is 1. The van der Waals surface area contributed by atoms with Crippen molar-refractivity contribution in [1.82, 2.24) is 5.32 Å². The Morgan fingerprint density at radius 1 is 1.44 bits per heavy atom. The molecule has 1 aromatic rings. The summed E-state index contributed by atoms with van der Waals surface area (Å²) in [5.74, 6) is 0.803. The van der Waals surface area contributed by atoms with E-state index in [1.165, 1.54) is 18.4 Å². The molecule has 1 aromatic carbocycles. The smallest absolute Gasteiger partial charge is 0.251 e. The first-order chi connectivity index (χ1) is 8.61. The summed E-state index contributed by atoms with van der Waals surface area (Å²) in [6.07, 6.45) is 2.65. The Kier molecular flexibility index (Phi) is 3.90. The third kappa shape index (κ3) is 3.03. The minimum Gasteiger partial charge on any atom is -0.382 e. The van der Waals surface area contributed by atoms with Crippen molar-refractivity contribution in [2.45, 2.75) is 39.7 Å². The summed E-state index contributed by atoms with van der Waals surface area (Å²) < 4.78 is 0. The normalized spacial score (nSPS) is 16.2. The van der Waals surface area contributed by atoms with Gasteiger partial charge in [0.1, 0.15) is 0 Å². The summed E-state index contributed by atoms with van der Waals surface area (Å²) in [6.45, 7) is 6.88. The monoisotopic (exact) mass is 246 g/mol. The van der Waals surface area contributed by atoms with Gasteiger partial charge in [0.2, 0.25) is 0 Å². The summed E-state index contributed by atoms with van der Waals surface area (Å²) in [4.78, 5) is 11.8. The lowest BCUT2D eigenvalue weighted by atomic mass is 10.1. The van der Waals surface area contributed by atoms with Gasteiger partial charge < -0.3 is 10.6 Å². The largest absolute Gasteiger partial charge is 0.382 e. The molecule has 98 valence electrons. The molecular weight excluding hydrogens is 224 g/mol. The maximum atomic E-state index is 11.8. The fourth-order valence-corrected chi connectivity index (χ4v) is 2.14. The molecule has 0 aromatic heterocycles. The Morgan fingerprint density at radius 3 is 2.78 bits per heavy atom. The molecule has 1 amide bonds. The summed E-state index contributed by atoms with van der Waals surface area (Å²) in [5.41, 5.74) is 3.00. The molecule has 1 saturated carbocycles. The van der Waals surface area contributed by atoms with Gasteiger partial charge in [0.25, 0.3) is 5.91 Å². The van der Waals surface area contributed by atoms with Crippen molar-refractivity contribution < 1.29 is 4.79 Å². The van der Waals surface area contributed by atoms with E-state index in [2.05, 4.69) is 24.5 Å². The van der Waals surface area contributed by atoms with Crippen molar-refractivity contribution >= 4 is 11.6 Å². The highest BCUT2D eigenvalue weighted by Crippen LogP contribution is 2.34. The van der Waals surface area contributed by atoms with Crippen LogP contribution in [0.25, 0.3) is 0 Å². The summed E-state index contributed by atoms with van der Waals surface area (Å²) in [6, 6.07) is 6.34. The number of benzene rings is 1. The van der Waals surface area contributed by atoms with Gasteiger partial charge in [-0.05, 0) is 57.2 Å². The van der Waals surface area contributed by atoms with Crippen molar-refractivity contribution in [3.8, 4) is 0 Å². The SMILES string of the molecule is CCNC(=O)c1ccc(C)c(NC(C)C2CC2)c1. The third-order valence-corrected chi connectivity index (χ3v) is 3.55. The average Bonchev–Trinajstić information content (AvgIpc) is 3.16. The quantitative estimate of drug-likeness (QED) is 0.838. The van der Waals surface area contributed by atoms with Crippen molar-refractivity contribution in [2.24, 2.45) is 5.92 Å². The minimum atomic E-state index is -0.000347. The fourth-order valence-electron chi connectivity index (χ4n) is 2.14. The van der Waals surface area contributed by atoms with Gasteiger partial charge in [0.05, 0.1) is 0 Å². The number of amides is 1. The molecule has 1 unspecified atom stereocenters. The number of carbonyl (C=O) groups excluding carboxylic acids is 1. The first kappa shape index (κ1) is 12.9. The van der Waals surface area contributed by atoms with Gasteiger partial charge >= 0.3 is 0 Å².